The molecule has 0 fully saturated rings. The fraction of sp³-hybridized carbons (Fsp3) is 0.353. The summed E-state index contributed by atoms with van der Waals surface area (Å²) in [7, 11) is 0. The van der Waals surface area contributed by atoms with Crippen LogP contribution in [0.1, 0.15) is 36.7 Å². The lowest BCUT2D eigenvalue weighted by Crippen LogP contribution is -2.15. The van der Waals surface area contributed by atoms with Crippen molar-refractivity contribution in [3.05, 3.63) is 42.0 Å². The molecular weight excluding hydrogens is 343 g/mol. The molecule has 0 atom stereocenters. The Hall–Kier alpha value is -2.35. The number of anilines is 2. The molecule has 134 valence electrons. The average Bonchev–Trinajstić information content (AvgIpc) is 3.01. The maximum Gasteiger partial charge on any atom is 0.255 e. The summed E-state index contributed by atoms with van der Waals surface area (Å²) >= 11 is 1.55. The molecule has 8 heteroatoms. The van der Waals surface area contributed by atoms with Gasteiger partial charge in [0, 0.05) is 35.7 Å². The quantitative estimate of drug-likeness (QED) is 0.788. The molecule has 25 heavy (non-hydrogen) atoms. The van der Waals surface area contributed by atoms with Crippen molar-refractivity contribution in [1.29, 1.82) is 0 Å². The van der Waals surface area contributed by atoms with E-state index in [0.29, 0.717) is 17.9 Å². The van der Waals surface area contributed by atoms with E-state index in [4.69, 9.17) is 0 Å². The van der Waals surface area contributed by atoms with Gasteiger partial charge in [0.05, 0.1) is 11.9 Å². The van der Waals surface area contributed by atoms with Crippen molar-refractivity contribution in [2.75, 3.05) is 22.6 Å². The van der Waals surface area contributed by atoms with Crippen LogP contribution >= 0.6 is 11.8 Å². The third-order valence-electron chi connectivity index (χ3n) is 3.37. The van der Waals surface area contributed by atoms with Crippen LogP contribution in [0, 0.1) is 5.82 Å². The molecule has 0 aliphatic carbocycles. The Balaban J connectivity index is 2.09. The highest BCUT2D eigenvalue weighted by Gasteiger charge is 2.12. The Labute approximate surface area is 150 Å². The van der Waals surface area contributed by atoms with Gasteiger partial charge in [-0.05, 0) is 38.3 Å². The molecule has 0 spiro atoms. The van der Waals surface area contributed by atoms with Gasteiger partial charge in [-0.25, -0.2) is 4.39 Å². The second kappa shape index (κ2) is 8.66. The number of carbonyl (C=O) groups excluding carboxylic acids is 2. The molecule has 0 saturated heterocycles. The van der Waals surface area contributed by atoms with Gasteiger partial charge >= 0.3 is 0 Å². The van der Waals surface area contributed by atoms with Crippen LogP contribution < -0.4 is 10.6 Å². The van der Waals surface area contributed by atoms with Crippen molar-refractivity contribution >= 4 is 35.0 Å². The molecule has 0 aliphatic rings. The fourth-order valence-electron chi connectivity index (χ4n) is 2.10. The molecule has 0 aliphatic heterocycles. The molecular formula is C17H21FN4O2S. The van der Waals surface area contributed by atoms with Crippen molar-refractivity contribution < 1.29 is 14.0 Å². The van der Waals surface area contributed by atoms with Gasteiger partial charge in [-0.15, -0.1) is 0 Å². The largest absolute Gasteiger partial charge is 0.326 e. The Morgan fingerprint density at radius 3 is 2.64 bits per heavy atom. The van der Waals surface area contributed by atoms with E-state index >= 15 is 0 Å². The topological polar surface area (TPSA) is 76.0 Å². The molecule has 2 aromatic rings. The minimum absolute atomic E-state index is 0.123. The van der Waals surface area contributed by atoms with E-state index in [-0.39, 0.29) is 23.2 Å². The zero-order valence-electron chi connectivity index (χ0n) is 14.4. The average molecular weight is 364 g/mol. The lowest BCUT2D eigenvalue weighted by atomic mass is 10.1. The standard InChI is InChI=1S/C17H21FN4O2S/c1-11(2)22-10-15(9-19-22)21-17(24)12-6-13(18)8-14(7-12)20-16(23)4-5-25-3/h6-11H,4-5H2,1-3H3,(H,20,23)(H,21,24). The lowest BCUT2D eigenvalue weighted by molar-refractivity contribution is -0.115. The van der Waals surface area contributed by atoms with E-state index in [1.54, 1.807) is 22.6 Å². The highest BCUT2D eigenvalue weighted by molar-refractivity contribution is 7.98. The van der Waals surface area contributed by atoms with Crippen LogP contribution in [0.25, 0.3) is 0 Å². The number of amides is 2. The molecule has 0 saturated carbocycles. The van der Waals surface area contributed by atoms with Crippen LogP contribution in [0.2, 0.25) is 0 Å². The Morgan fingerprint density at radius 1 is 1.24 bits per heavy atom. The van der Waals surface area contributed by atoms with Crippen LogP contribution in [0.5, 0.6) is 0 Å². The molecule has 0 bridgehead atoms. The first-order valence-corrected chi connectivity index (χ1v) is 9.23. The number of halogens is 1. The SMILES string of the molecule is CSCCC(=O)Nc1cc(F)cc(C(=O)Nc2cnn(C(C)C)c2)c1. The summed E-state index contributed by atoms with van der Waals surface area (Å²) < 4.78 is 15.5. The summed E-state index contributed by atoms with van der Waals surface area (Å²) in [6, 6.07) is 3.93. The van der Waals surface area contributed by atoms with Gasteiger partial charge in [0.15, 0.2) is 0 Å². The number of hydrogen-bond donors (Lipinski definition) is 2. The number of rotatable bonds is 7. The first-order valence-electron chi connectivity index (χ1n) is 7.84. The van der Waals surface area contributed by atoms with E-state index < -0.39 is 11.7 Å². The number of carbonyl (C=O) groups is 2. The summed E-state index contributed by atoms with van der Waals surface area (Å²) in [4.78, 5) is 24.1. The summed E-state index contributed by atoms with van der Waals surface area (Å²) in [6.07, 6.45) is 5.46. The number of thioether (sulfide) groups is 1. The van der Waals surface area contributed by atoms with E-state index in [0.717, 1.165) is 6.07 Å². The molecule has 0 unspecified atom stereocenters. The smallest absolute Gasteiger partial charge is 0.255 e. The third-order valence-corrected chi connectivity index (χ3v) is 3.98. The maximum absolute atomic E-state index is 13.8. The molecule has 2 N–H and O–H groups in total. The lowest BCUT2D eigenvalue weighted by Gasteiger charge is -2.08. The predicted molar refractivity (Wildman–Crippen MR) is 98.6 cm³/mol. The molecule has 2 rings (SSSR count). The van der Waals surface area contributed by atoms with E-state index in [1.165, 1.54) is 18.3 Å². The second-order valence-corrected chi connectivity index (χ2v) is 6.76. The molecule has 0 radical (unpaired) electrons. The predicted octanol–water partition coefficient (Wildman–Crippen LogP) is 3.55. The molecule has 1 aromatic heterocycles. The van der Waals surface area contributed by atoms with Gasteiger partial charge in [-0.1, -0.05) is 0 Å². The first-order chi connectivity index (χ1) is 11.9. The van der Waals surface area contributed by atoms with Crippen molar-refractivity contribution in [1.82, 2.24) is 9.78 Å². The number of nitrogens with one attached hydrogen (secondary N) is 2. The molecule has 1 aromatic carbocycles. The van der Waals surface area contributed by atoms with Gasteiger partial charge in [-0.2, -0.15) is 16.9 Å². The zero-order valence-corrected chi connectivity index (χ0v) is 15.2. The van der Waals surface area contributed by atoms with Crippen molar-refractivity contribution in [2.24, 2.45) is 0 Å². The van der Waals surface area contributed by atoms with Crippen molar-refractivity contribution in [3.63, 3.8) is 0 Å². The summed E-state index contributed by atoms with van der Waals surface area (Å²) in [6.45, 7) is 3.94. The van der Waals surface area contributed by atoms with Crippen molar-refractivity contribution in [3.8, 4) is 0 Å². The summed E-state index contributed by atoms with van der Waals surface area (Å²) in [5, 5.41) is 9.41. The molecule has 2 amide bonds. The zero-order chi connectivity index (χ0) is 18.4. The maximum atomic E-state index is 13.8. The number of nitrogens with zero attached hydrogens (tertiary/aromatic N) is 2. The summed E-state index contributed by atoms with van der Waals surface area (Å²) in [5.74, 6) is -0.605. The summed E-state index contributed by atoms with van der Waals surface area (Å²) in [5.41, 5.74) is 0.903. The highest BCUT2D eigenvalue weighted by atomic mass is 32.2. The normalized spacial score (nSPS) is 10.8. The van der Waals surface area contributed by atoms with Gasteiger partial charge in [0.2, 0.25) is 5.91 Å². The van der Waals surface area contributed by atoms with Gasteiger partial charge in [0.1, 0.15) is 5.82 Å². The number of hydrogen-bond acceptors (Lipinski definition) is 4. The minimum Gasteiger partial charge on any atom is -0.326 e. The second-order valence-electron chi connectivity index (χ2n) is 5.78. The van der Waals surface area contributed by atoms with Crippen LogP contribution in [-0.4, -0.2) is 33.6 Å². The highest BCUT2D eigenvalue weighted by Crippen LogP contribution is 2.17. The van der Waals surface area contributed by atoms with Gasteiger partial charge in [0.25, 0.3) is 5.91 Å². The van der Waals surface area contributed by atoms with Gasteiger partial charge in [-0.3, -0.25) is 14.3 Å². The Morgan fingerprint density at radius 2 is 2.00 bits per heavy atom. The Kier molecular flexibility index (Phi) is 6.58. The van der Waals surface area contributed by atoms with Crippen LogP contribution in [-0.2, 0) is 4.79 Å². The van der Waals surface area contributed by atoms with Crippen LogP contribution in [0.4, 0.5) is 15.8 Å². The van der Waals surface area contributed by atoms with E-state index in [2.05, 4.69) is 15.7 Å². The fourth-order valence-corrected chi connectivity index (χ4v) is 2.49. The minimum atomic E-state index is -0.592. The number of benzene rings is 1. The monoisotopic (exact) mass is 364 g/mol. The first kappa shape index (κ1) is 19.0. The van der Waals surface area contributed by atoms with Crippen molar-refractivity contribution in [2.45, 2.75) is 26.3 Å². The Bertz CT molecular complexity index is 761. The molecule has 6 nitrogen and oxygen atoms in total. The van der Waals surface area contributed by atoms with Gasteiger partial charge < -0.3 is 10.6 Å². The van der Waals surface area contributed by atoms with E-state index in [9.17, 15) is 14.0 Å². The third kappa shape index (κ3) is 5.60. The number of aromatic nitrogens is 2. The van der Waals surface area contributed by atoms with E-state index in [1.807, 2.05) is 20.1 Å². The molecule has 1 heterocycles. The van der Waals surface area contributed by atoms with Crippen LogP contribution in [0.3, 0.4) is 0 Å². The van der Waals surface area contributed by atoms with Crippen LogP contribution in [0.15, 0.2) is 30.6 Å².